The Labute approximate surface area is 167 Å². The van der Waals surface area contributed by atoms with Crippen LogP contribution in [0.3, 0.4) is 0 Å². The van der Waals surface area contributed by atoms with Crippen molar-refractivity contribution in [3.05, 3.63) is 44.9 Å². The number of aromatic nitrogens is 1. The molecule has 1 aromatic heterocycles. The first-order chi connectivity index (χ1) is 11.6. The number of nitrogens with zero attached hydrogens (tertiary/aromatic N) is 1. The number of hydrogen-bond acceptors (Lipinski definition) is 4. The van der Waals surface area contributed by atoms with E-state index >= 15 is 0 Å². The Morgan fingerprint density at radius 2 is 2.24 bits per heavy atom. The summed E-state index contributed by atoms with van der Waals surface area (Å²) >= 11 is 13.7. The lowest BCUT2D eigenvalue weighted by Gasteiger charge is -2.07. The molecule has 4 nitrogen and oxygen atoms in total. The molecule has 0 aliphatic carbocycles. The Kier molecular flexibility index (Phi) is 7.97. The van der Waals surface area contributed by atoms with Crippen molar-refractivity contribution in [3.8, 4) is 0 Å². The summed E-state index contributed by atoms with van der Waals surface area (Å²) in [7, 11) is 0. The zero-order valence-corrected chi connectivity index (χ0v) is 16.7. The monoisotopic (exact) mass is 419 g/mol. The van der Waals surface area contributed by atoms with E-state index < -0.39 is 0 Å². The summed E-state index contributed by atoms with van der Waals surface area (Å²) in [4.78, 5) is 17.4. The second-order valence-electron chi connectivity index (χ2n) is 5.97. The number of benzene rings is 1. The lowest BCUT2D eigenvalue weighted by molar-refractivity contribution is -0.116. The van der Waals surface area contributed by atoms with Gasteiger partial charge in [0.15, 0.2) is 5.13 Å². The summed E-state index contributed by atoms with van der Waals surface area (Å²) in [5.74, 6) is 0.649. The van der Waals surface area contributed by atoms with Crippen LogP contribution in [0.1, 0.15) is 29.7 Å². The predicted molar refractivity (Wildman–Crippen MR) is 107 cm³/mol. The van der Waals surface area contributed by atoms with Crippen molar-refractivity contribution in [2.75, 3.05) is 18.4 Å². The molecular formula is C17H20Cl3N3OS. The van der Waals surface area contributed by atoms with Crippen molar-refractivity contribution in [1.82, 2.24) is 10.3 Å². The molecule has 0 saturated carbocycles. The van der Waals surface area contributed by atoms with Gasteiger partial charge in [0.2, 0.25) is 5.91 Å². The van der Waals surface area contributed by atoms with E-state index in [9.17, 15) is 4.79 Å². The molecule has 0 bridgehead atoms. The van der Waals surface area contributed by atoms with Gasteiger partial charge in [0.1, 0.15) is 0 Å². The maximum atomic E-state index is 12.0. The van der Waals surface area contributed by atoms with Gasteiger partial charge in [-0.05, 0) is 43.5 Å². The van der Waals surface area contributed by atoms with Crippen molar-refractivity contribution in [3.63, 3.8) is 0 Å². The van der Waals surface area contributed by atoms with E-state index in [1.807, 2.05) is 12.1 Å². The molecule has 0 spiro atoms. The van der Waals surface area contributed by atoms with Crippen LogP contribution in [0.5, 0.6) is 0 Å². The van der Waals surface area contributed by atoms with Gasteiger partial charge in [0, 0.05) is 23.9 Å². The van der Waals surface area contributed by atoms with Crippen molar-refractivity contribution < 1.29 is 4.79 Å². The number of thiazole rings is 1. The van der Waals surface area contributed by atoms with E-state index in [2.05, 4.69) is 15.6 Å². The molecule has 0 radical (unpaired) electrons. The van der Waals surface area contributed by atoms with E-state index in [1.165, 1.54) is 11.3 Å². The molecule has 2 N–H and O–H groups in total. The molecule has 8 heteroatoms. The Balaban J connectivity index is 0.00000225. The fourth-order valence-corrected chi connectivity index (χ4v) is 4.04. The van der Waals surface area contributed by atoms with Gasteiger partial charge in [-0.3, -0.25) is 4.79 Å². The molecule has 2 heterocycles. The fraction of sp³-hybridized carbons (Fsp3) is 0.412. The highest BCUT2D eigenvalue weighted by molar-refractivity contribution is 7.15. The number of carbonyl (C=O) groups excluding carboxylic acids is 1. The van der Waals surface area contributed by atoms with Crippen molar-refractivity contribution in [2.45, 2.75) is 25.7 Å². The Hall–Kier alpha value is -0.850. The molecule has 1 aromatic carbocycles. The van der Waals surface area contributed by atoms with E-state index in [-0.39, 0.29) is 18.3 Å². The Bertz CT molecular complexity index is 717. The number of amides is 1. The van der Waals surface area contributed by atoms with Crippen LogP contribution in [0.15, 0.2) is 24.4 Å². The molecular weight excluding hydrogens is 401 g/mol. The predicted octanol–water partition coefficient (Wildman–Crippen LogP) is 4.79. The van der Waals surface area contributed by atoms with Gasteiger partial charge < -0.3 is 10.6 Å². The van der Waals surface area contributed by atoms with E-state index in [0.717, 1.165) is 36.4 Å². The highest BCUT2D eigenvalue weighted by Gasteiger charge is 2.16. The van der Waals surface area contributed by atoms with Gasteiger partial charge in [0.05, 0.1) is 10.0 Å². The molecule has 3 rings (SSSR count). The lowest BCUT2D eigenvalue weighted by atomic mass is 10.0. The largest absolute Gasteiger partial charge is 0.316 e. The van der Waals surface area contributed by atoms with Crippen LogP contribution in [0.25, 0.3) is 0 Å². The van der Waals surface area contributed by atoms with Gasteiger partial charge in [0.25, 0.3) is 0 Å². The quantitative estimate of drug-likeness (QED) is 0.706. The first kappa shape index (κ1) is 20.5. The van der Waals surface area contributed by atoms with Crippen LogP contribution >= 0.6 is 46.9 Å². The molecule has 136 valence electrons. The van der Waals surface area contributed by atoms with Crippen LogP contribution in [0.4, 0.5) is 5.13 Å². The molecule has 1 atom stereocenters. The third-order valence-corrected chi connectivity index (χ3v) is 5.91. The zero-order valence-electron chi connectivity index (χ0n) is 13.6. The van der Waals surface area contributed by atoms with Gasteiger partial charge in [-0.2, -0.15) is 0 Å². The highest BCUT2D eigenvalue weighted by Crippen LogP contribution is 2.29. The summed E-state index contributed by atoms with van der Waals surface area (Å²) < 4.78 is 0. The number of halogens is 3. The lowest BCUT2D eigenvalue weighted by Crippen LogP contribution is -2.14. The summed E-state index contributed by atoms with van der Waals surface area (Å²) in [6.45, 7) is 2.09. The normalized spacial score (nSPS) is 16.5. The average Bonchev–Trinajstić information content (AvgIpc) is 3.22. The molecule has 1 unspecified atom stereocenters. The van der Waals surface area contributed by atoms with Crippen molar-refractivity contribution in [1.29, 1.82) is 0 Å². The van der Waals surface area contributed by atoms with Crippen molar-refractivity contribution >= 4 is 58.0 Å². The fourth-order valence-electron chi connectivity index (χ4n) is 2.80. The number of anilines is 1. The molecule has 1 aliphatic rings. The Morgan fingerprint density at radius 3 is 3.00 bits per heavy atom. The van der Waals surface area contributed by atoms with Crippen LogP contribution < -0.4 is 10.6 Å². The molecule has 1 fully saturated rings. The standard InChI is InChI=1S/C17H19Cl2N3OS.ClH/c18-14-3-1-2-12(16(14)19)8-13-10-21-17(24-13)22-15(23)5-4-11-6-7-20-9-11;/h1-3,10-11,20H,4-9H2,(H,21,22,23);1H. The van der Waals surface area contributed by atoms with Gasteiger partial charge in [-0.15, -0.1) is 23.7 Å². The average molecular weight is 421 g/mol. The summed E-state index contributed by atoms with van der Waals surface area (Å²) in [6, 6.07) is 5.60. The number of carbonyl (C=O) groups is 1. The number of nitrogens with one attached hydrogen (secondary N) is 2. The topological polar surface area (TPSA) is 54.0 Å². The minimum absolute atomic E-state index is 0. The molecule has 2 aromatic rings. The third-order valence-electron chi connectivity index (χ3n) is 4.14. The van der Waals surface area contributed by atoms with Gasteiger partial charge in [-0.25, -0.2) is 4.98 Å². The summed E-state index contributed by atoms with van der Waals surface area (Å²) in [5, 5.41) is 7.96. The SMILES string of the molecule is Cl.O=C(CCC1CCNC1)Nc1ncc(Cc2cccc(Cl)c2Cl)s1. The van der Waals surface area contributed by atoms with Crippen molar-refractivity contribution in [2.24, 2.45) is 5.92 Å². The van der Waals surface area contributed by atoms with E-state index in [0.29, 0.717) is 33.9 Å². The van der Waals surface area contributed by atoms with Crippen LogP contribution in [0, 0.1) is 5.92 Å². The molecule has 1 aliphatic heterocycles. The van der Waals surface area contributed by atoms with Crippen LogP contribution in [-0.2, 0) is 11.2 Å². The summed E-state index contributed by atoms with van der Waals surface area (Å²) in [5.41, 5.74) is 0.958. The Morgan fingerprint density at radius 1 is 1.40 bits per heavy atom. The van der Waals surface area contributed by atoms with Gasteiger partial charge in [-0.1, -0.05) is 35.3 Å². The van der Waals surface area contributed by atoms with E-state index in [4.69, 9.17) is 23.2 Å². The molecule has 25 heavy (non-hydrogen) atoms. The smallest absolute Gasteiger partial charge is 0.226 e. The third kappa shape index (κ3) is 5.83. The van der Waals surface area contributed by atoms with Gasteiger partial charge >= 0.3 is 0 Å². The maximum absolute atomic E-state index is 12.0. The van der Waals surface area contributed by atoms with Crippen LogP contribution in [-0.4, -0.2) is 24.0 Å². The van der Waals surface area contributed by atoms with E-state index in [1.54, 1.807) is 12.3 Å². The minimum atomic E-state index is 0. The minimum Gasteiger partial charge on any atom is -0.316 e. The zero-order chi connectivity index (χ0) is 16.9. The first-order valence-electron chi connectivity index (χ1n) is 8.00. The second-order valence-corrected chi connectivity index (χ2v) is 7.87. The number of rotatable bonds is 6. The second kappa shape index (κ2) is 9.74. The van der Waals surface area contributed by atoms with Crippen LogP contribution in [0.2, 0.25) is 10.0 Å². The first-order valence-corrected chi connectivity index (χ1v) is 9.57. The summed E-state index contributed by atoms with van der Waals surface area (Å²) in [6.07, 6.45) is 5.06. The highest BCUT2D eigenvalue weighted by atomic mass is 35.5. The molecule has 1 saturated heterocycles. The molecule has 1 amide bonds. The maximum Gasteiger partial charge on any atom is 0.226 e. The number of hydrogen-bond donors (Lipinski definition) is 2.